The van der Waals surface area contributed by atoms with Crippen molar-refractivity contribution < 1.29 is 9.59 Å². The molecule has 0 unspecified atom stereocenters. The van der Waals surface area contributed by atoms with Crippen molar-refractivity contribution in [2.75, 3.05) is 0 Å². The number of hydrogen-bond acceptors (Lipinski definition) is 6. The van der Waals surface area contributed by atoms with E-state index in [2.05, 4.69) is 24.0 Å². The third kappa shape index (κ3) is 3.33. The number of aliphatic imine (C=N–C) groups is 1. The lowest BCUT2D eigenvalue weighted by Crippen LogP contribution is -2.09. The van der Waals surface area contributed by atoms with Crippen LogP contribution in [0.2, 0.25) is 0 Å². The molecule has 3 heterocycles. The molecule has 0 fully saturated rings. The summed E-state index contributed by atoms with van der Waals surface area (Å²) >= 11 is 1.69. The number of hydrogen-bond donors (Lipinski definition) is 0. The molecule has 30 heavy (non-hydrogen) atoms. The van der Waals surface area contributed by atoms with Gasteiger partial charge in [0.1, 0.15) is 22.7 Å². The van der Waals surface area contributed by atoms with Crippen LogP contribution in [-0.2, 0) is 4.79 Å². The fraction of sp³-hybridized carbons (Fsp3) is 0.348. The van der Waals surface area contributed by atoms with Gasteiger partial charge in [-0.25, -0.2) is 0 Å². The molecule has 2 aromatic heterocycles. The summed E-state index contributed by atoms with van der Waals surface area (Å²) in [6.07, 6.45) is 0.738. The van der Waals surface area contributed by atoms with E-state index in [1.807, 2.05) is 42.7 Å². The van der Waals surface area contributed by atoms with E-state index >= 15 is 0 Å². The lowest BCUT2D eigenvalue weighted by molar-refractivity contribution is -0.117. The maximum atomic E-state index is 12.1. The lowest BCUT2D eigenvalue weighted by Gasteiger charge is -2.11. The Bertz CT molecular complexity index is 1180. The van der Waals surface area contributed by atoms with Crippen LogP contribution in [-0.4, -0.2) is 32.0 Å². The molecule has 1 aromatic carbocycles. The molecule has 0 aliphatic carbocycles. The van der Waals surface area contributed by atoms with E-state index in [1.54, 1.807) is 18.3 Å². The van der Waals surface area contributed by atoms with Gasteiger partial charge in [-0.3, -0.25) is 19.1 Å². The van der Waals surface area contributed by atoms with Gasteiger partial charge in [-0.2, -0.15) is 0 Å². The predicted octanol–water partition coefficient (Wildman–Crippen LogP) is 4.72. The van der Waals surface area contributed by atoms with E-state index in [-0.39, 0.29) is 18.0 Å². The molecule has 1 aliphatic rings. The standard InChI is InChI=1S/C23H24N4O2S/c1-6-19(29)16-7-9-17(10-8-16)21-20-13(3)14(4)30-23(20)27-15(5)25-26-22(27)18(24-21)11-12(2)28/h7-10,18H,6,11H2,1-5H3/t18-/m0/s1. The Morgan fingerprint density at radius 1 is 1.10 bits per heavy atom. The van der Waals surface area contributed by atoms with Crippen molar-refractivity contribution in [3.05, 3.63) is 63.0 Å². The summed E-state index contributed by atoms with van der Waals surface area (Å²) in [7, 11) is 0. The molecular weight excluding hydrogens is 396 g/mol. The number of Topliss-reactive ketones (excluding diaryl/α,β-unsaturated/α-hetero) is 2. The molecular formula is C23H24N4O2S. The van der Waals surface area contributed by atoms with Crippen molar-refractivity contribution in [1.29, 1.82) is 0 Å². The monoisotopic (exact) mass is 420 g/mol. The molecule has 0 amide bonds. The Labute approximate surface area is 179 Å². The summed E-state index contributed by atoms with van der Waals surface area (Å²) in [4.78, 5) is 30.3. The number of fused-ring (bicyclic) bond motifs is 3. The normalized spacial score (nSPS) is 15.2. The molecule has 4 rings (SSSR count). The van der Waals surface area contributed by atoms with Crippen LogP contribution in [0.15, 0.2) is 29.3 Å². The first kappa shape index (κ1) is 20.3. The summed E-state index contributed by atoms with van der Waals surface area (Å²) in [5.74, 6) is 1.64. The first-order valence-electron chi connectivity index (χ1n) is 10.0. The summed E-state index contributed by atoms with van der Waals surface area (Å²) in [5.41, 5.74) is 4.66. The van der Waals surface area contributed by atoms with E-state index in [9.17, 15) is 9.59 Å². The van der Waals surface area contributed by atoms with Crippen LogP contribution in [0.4, 0.5) is 0 Å². The average molecular weight is 421 g/mol. The molecule has 3 aromatic rings. The van der Waals surface area contributed by atoms with Crippen LogP contribution in [0.25, 0.3) is 5.00 Å². The van der Waals surface area contributed by atoms with Gasteiger partial charge in [0.05, 0.1) is 5.71 Å². The Kier molecular flexibility index (Phi) is 5.24. The van der Waals surface area contributed by atoms with E-state index in [1.165, 1.54) is 4.88 Å². The van der Waals surface area contributed by atoms with Crippen LogP contribution in [0.3, 0.4) is 0 Å². The zero-order chi connectivity index (χ0) is 21.6. The van der Waals surface area contributed by atoms with Crippen LogP contribution in [0.5, 0.6) is 0 Å². The minimum Gasteiger partial charge on any atom is -0.300 e. The largest absolute Gasteiger partial charge is 0.300 e. The van der Waals surface area contributed by atoms with Gasteiger partial charge in [0.2, 0.25) is 0 Å². The van der Waals surface area contributed by atoms with Crippen LogP contribution in [0, 0.1) is 20.8 Å². The number of carbonyl (C=O) groups excluding carboxylic acids is 2. The van der Waals surface area contributed by atoms with Gasteiger partial charge in [0, 0.05) is 34.4 Å². The summed E-state index contributed by atoms with van der Waals surface area (Å²) < 4.78 is 2.04. The van der Waals surface area contributed by atoms with Crippen molar-refractivity contribution in [2.45, 2.75) is 53.5 Å². The molecule has 6 nitrogen and oxygen atoms in total. The molecule has 0 spiro atoms. The topological polar surface area (TPSA) is 77.2 Å². The number of thiophene rings is 1. The molecule has 0 N–H and O–H groups in total. The zero-order valence-corrected chi connectivity index (χ0v) is 18.6. The van der Waals surface area contributed by atoms with E-state index in [0.29, 0.717) is 17.8 Å². The number of rotatable bonds is 5. The van der Waals surface area contributed by atoms with Crippen LogP contribution >= 0.6 is 11.3 Å². The molecule has 0 saturated carbocycles. The fourth-order valence-corrected chi connectivity index (χ4v) is 5.03. The van der Waals surface area contributed by atoms with Gasteiger partial charge in [-0.15, -0.1) is 21.5 Å². The predicted molar refractivity (Wildman–Crippen MR) is 118 cm³/mol. The number of aromatic nitrogens is 3. The SMILES string of the molecule is CCC(=O)c1ccc(C2=N[C@@H](CC(C)=O)c3nnc(C)n3-c3sc(C)c(C)c32)cc1. The van der Waals surface area contributed by atoms with Crippen molar-refractivity contribution in [3.8, 4) is 5.00 Å². The smallest absolute Gasteiger partial charge is 0.163 e. The Morgan fingerprint density at radius 3 is 2.43 bits per heavy atom. The second kappa shape index (κ2) is 7.72. The summed E-state index contributed by atoms with van der Waals surface area (Å²) in [6.45, 7) is 9.55. The third-order valence-electron chi connectivity index (χ3n) is 5.52. The van der Waals surface area contributed by atoms with Gasteiger partial charge in [0.25, 0.3) is 0 Å². The van der Waals surface area contributed by atoms with E-state index in [0.717, 1.165) is 33.2 Å². The lowest BCUT2D eigenvalue weighted by atomic mass is 9.97. The Morgan fingerprint density at radius 2 is 1.80 bits per heavy atom. The van der Waals surface area contributed by atoms with Gasteiger partial charge < -0.3 is 0 Å². The Balaban J connectivity index is 1.96. The quantitative estimate of drug-likeness (QED) is 0.560. The van der Waals surface area contributed by atoms with Gasteiger partial charge in [-0.1, -0.05) is 31.2 Å². The number of aryl methyl sites for hydroxylation is 2. The average Bonchev–Trinajstić information content (AvgIpc) is 3.19. The summed E-state index contributed by atoms with van der Waals surface area (Å²) in [6, 6.07) is 7.20. The van der Waals surface area contributed by atoms with Crippen molar-refractivity contribution >= 4 is 28.6 Å². The number of ketones is 2. The van der Waals surface area contributed by atoms with Gasteiger partial charge in [-0.05, 0) is 33.3 Å². The minimum absolute atomic E-state index is 0.0531. The highest BCUT2D eigenvalue weighted by Gasteiger charge is 2.31. The van der Waals surface area contributed by atoms with E-state index < -0.39 is 6.04 Å². The fourth-order valence-electron chi connectivity index (χ4n) is 3.82. The molecule has 0 bridgehead atoms. The second-order valence-electron chi connectivity index (χ2n) is 7.66. The summed E-state index contributed by atoms with van der Waals surface area (Å²) in [5, 5.41) is 9.68. The van der Waals surface area contributed by atoms with Crippen molar-refractivity contribution in [2.24, 2.45) is 4.99 Å². The van der Waals surface area contributed by atoms with Gasteiger partial charge in [0.15, 0.2) is 11.6 Å². The highest BCUT2D eigenvalue weighted by Crippen LogP contribution is 2.39. The minimum atomic E-state index is -0.407. The molecule has 0 radical (unpaired) electrons. The maximum absolute atomic E-state index is 12.1. The van der Waals surface area contributed by atoms with Gasteiger partial charge >= 0.3 is 0 Å². The molecule has 0 saturated heterocycles. The number of carbonyl (C=O) groups is 2. The number of benzene rings is 1. The Hall–Kier alpha value is -2.93. The second-order valence-corrected chi connectivity index (χ2v) is 8.86. The zero-order valence-electron chi connectivity index (χ0n) is 17.8. The van der Waals surface area contributed by atoms with Crippen molar-refractivity contribution in [1.82, 2.24) is 14.8 Å². The highest BCUT2D eigenvalue weighted by atomic mass is 32.1. The molecule has 1 atom stereocenters. The van der Waals surface area contributed by atoms with Crippen molar-refractivity contribution in [3.63, 3.8) is 0 Å². The third-order valence-corrected chi connectivity index (χ3v) is 6.71. The molecule has 7 heteroatoms. The first-order valence-corrected chi connectivity index (χ1v) is 10.9. The first-order chi connectivity index (χ1) is 14.3. The molecule has 154 valence electrons. The molecule has 1 aliphatic heterocycles. The van der Waals surface area contributed by atoms with Crippen LogP contribution in [0.1, 0.15) is 76.3 Å². The highest BCUT2D eigenvalue weighted by molar-refractivity contribution is 7.15. The maximum Gasteiger partial charge on any atom is 0.163 e. The number of nitrogens with zero attached hydrogens (tertiary/aromatic N) is 4. The van der Waals surface area contributed by atoms with E-state index in [4.69, 9.17) is 4.99 Å². The van der Waals surface area contributed by atoms with Crippen LogP contribution < -0.4 is 0 Å².